The maximum Gasteiger partial charge on any atom is 0.413 e. The van der Waals surface area contributed by atoms with Gasteiger partial charge in [-0.1, -0.05) is 12.6 Å². The van der Waals surface area contributed by atoms with Crippen molar-refractivity contribution < 1.29 is 14.3 Å². The molecule has 0 saturated carbocycles. The minimum Gasteiger partial charge on any atom is -0.450 e. The summed E-state index contributed by atoms with van der Waals surface area (Å²) in [6.45, 7) is 8.46. The Hall–Kier alpha value is -4.15. The number of carbonyl (C=O) groups is 1. The van der Waals surface area contributed by atoms with Crippen molar-refractivity contribution in [3.63, 3.8) is 0 Å². The monoisotopic (exact) mass is 485 g/mol. The molecule has 0 unspecified atom stereocenters. The third kappa shape index (κ3) is 4.95. The number of methoxy groups -OCH3 is 1. The topological polar surface area (TPSA) is 118 Å². The van der Waals surface area contributed by atoms with Gasteiger partial charge in [0.2, 0.25) is 5.95 Å². The van der Waals surface area contributed by atoms with Crippen LogP contribution >= 0.6 is 0 Å². The number of aromatic nitrogens is 5. The molecule has 2 N–H and O–H groups in total. The van der Waals surface area contributed by atoms with E-state index in [1.807, 2.05) is 30.5 Å². The lowest BCUT2D eigenvalue weighted by Gasteiger charge is -2.14. The smallest absolute Gasteiger partial charge is 0.413 e. The van der Waals surface area contributed by atoms with Gasteiger partial charge in [0.1, 0.15) is 5.52 Å². The Bertz CT molecular complexity index is 1390. The first-order valence-electron chi connectivity index (χ1n) is 11.7. The Morgan fingerprint density at radius 1 is 1.22 bits per heavy atom. The molecule has 0 bridgehead atoms. The fraction of sp³-hybridized carbons (Fsp3) is 0.269. The number of rotatable bonds is 7. The third-order valence-electron chi connectivity index (χ3n) is 6.02. The number of amides is 1. The highest BCUT2D eigenvalue weighted by Gasteiger charge is 2.26. The summed E-state index contributed by atoms with van der Waals surface area (Å²) in [6, 6.07) is 9.79. The summed E-state index contributed by atoms with van der Waals surface area (Å²) in [5.74, 6) is 0.817. The highest BCUT2D eigenvalue weighted by Crippen LogP contribution is 2.32. The van der Waals surface area contributed by atoms with Crippen LogP contribution in [0.4, 0.5) is 10.7 Å². The molecule has 0 radical (unpaired) electrons. The summed E-state index contributed by atoms with van der Waals surface area (Å²) in [6.07, 6.45) is 4.73. The number of fused-ring (bicyclic) bond motifs is 1. The van der Waals surface area contributed by atoms with Crippen molar-refractivity contribution in [3.8, 4) is 22.5 Å². The molecule has 10 heteroatoms. The van der Waals surface area contributed by atoms with Gasteiger partial charge in [-0.25, -0.2) is 19.7 Å². The number of H-pyrrole nitrogens is 1. The molecule has 1 fully saturated rings. The van der Waals surface area contributed by atoms with Gasteiger partial charge in [-0.2, -0.15) is 0 Å². The van der Waals surface area contributed by atoms with Crippen molar-refractivity contribution >= 4 is 23.1 Å². The van der Waals surface area contributed by atoms with E-state index in [4.69, 9.17) is 14.5 Å². The third-order valence-corrected chi connectivity index (χ3v) is 6.02. The molecular weight excluding hydrogens is 458 g/mol. The Kier molecular flexibility index (Phi) is 6.70. The van der Waals surface area contributed by atoms with Crippen molar-refractivity contribution in [2.75, 3.05) is 32.1 Å². The zero-order valence-electron chi connectivity index (χ0n) is 20.2. The first-order valence-corrected chi connectivity index (χ1v) is 11.7. The number of pyridine rings is 1. The molecule has 3 aromatic heterocycles. The van der Waals surface area contributed by atoms with E-state index < -0.39 is 6.09 Å². The number of hydrogen-bond donors (Lipinski definition) is 2. The van der Waals surface area contributed by atoms with Gasteiger partial charge >= 0.3 is 6.09 Å². The first-order chi connectivity index (χ1) is 17.5. The largest absolute Gasteiger partial charge is 0.450 e. The van der Waals surface area contributed by atoms with Gasteiger partial charge in [0.15, 0.2) is 5.82 Å². The van der Waals surface area contributed by atoms with Crippen molar-refractivity contribution in [1.29, 1.82) is 0 Å². The number of hydrogen-bond acceptors (Lipinski definition) is 8. The lowest BCUT2D eigenvalue weighted by atomic mass is 10.0. The Morgan fingerprint density at radius 3 is 2.75 bits per heavy atom. The number of ether oxygens (including phenoxy) is 2. The SMILES string of the molecule is C=C1CN(Cc2ccc(-c3cc(-c4ncccn4)c4nc(NC(=O)OCC)[nH]c4c3)cn2)C[C@H]1OC. The number of benzene rings is 1. The predicted molar refractivity (Wildman–Crippen MR) is 136 cm³/mol. The highest BCUT2D eigenvalue weighted by molar-refractivity contribution is 5.96. The van der Waals surface area contributed by atoms with E-state index in [1.165, 1.54) is 0 Å². The number of nitrogens with zero attached hydrogens (tertiary/aromatic N) is 5. The second-order valence-electron chi connectivity index (χ2n) is 8.51. The van der Waals surface area contributed by atoms with Crippen LogP contribution in [0.3, 0.4) is 0 Å². The van der Waals surface area contributed by atoms with Crippen LogP contribution in [-0.2, 0) is 16.0 Å². The molecule has 1 aliphatic rings. The van der Waals surface area contributed by atoms with E-state index in [0.29, 0.717) is 11.3 Å². The van der Waals surface area contributed by atoms with Gasteiger partial charge in [-0.05, 0) is 42.3 Å². The molecule has 10 nitrogen and oxygen atoms in total. The normalized spacial score (nSPS) is 15.9. The van der Waals surface area contributed by atoms with Crippen LogP contribution < -0.4 is 5.32 Å². The summed E-state index contributed by atoms with van der Waals surface area (Å²) in [5.41, 5.74) is 6.03. The van der Waals surface area contributed by atoms with Crippen LogP contribution in [0.2, 0.25) is 0 Å². The molecule has 184 valence electrons. The van der Waals surface area contributed by atoms with E-state index in [-0.39, 0.29) is 18.7 Å². The molecule has 1 saturated heterocycles. The molecule has 36 heavy (non-hydrogen) atoms. The summed E-state index contributed by atoms with van der Waals surface area (Å²) in [4.78, 5) is 35.4. The molecule has 4 aromatic rings. The van der Waals surface area contributed by atoms with Crippen LogP contribution in [-0.4, -0.2) is 68.8 Å². The zero-order chi connectivity index (χ0) is 25.1. The number of anilines is 1. The van der Waals surface area contributed by atoms with E-state index in [9.17, 15) is 4.79 Å². The number of nitrogens with one attached hydrogen (secondary N) is 2. The minimum atomic E-state index is -0.576. The van der Waals surface area contributed by atoms with E-state index in [2.05, 4.69) is 36.7 Å². The van der Waals surface area contributed by atoms with Gasteiger partial charge in [-0.3, -0.25) is 15.2 Å². The molecule has 4 heterocycles. The van der Waals surface area contributed by atoms with Gasteiger partial charge in [0, 0.05) is 56.5 Å². The van der Waals surface area contributed by atoms with Gasteiger partial charge in [-0.15, -0.1) is 0 Å². The van der Waals surface area contributed by atoms with Crippen molar-refractivity contribution in [2.45, 2.75) is 19.6 Å². The molecule has 0 aliphatic carbocycles. The summed E-state index contributed by atoms with van der Waals surface area (Å²) >= 11 is 0. The van der Waals surface area contributed by atoms with Crippen molar-refractivity contribution in [2.24, 2.45) is 0 Å². The molecule has 1 amide bonds. The quantitative estimate of drug-likeness (QED) is 0.377. The number of likely N-dealkylation sites (tertiary alicyclic amines) is 1. The molecular formula is C26H27N7O3. The number of imidazole rings is 1. The lowest BCUT2D eigenvalue weighted by Crippen LogP contribution is -2.22. The Balaban J connectivity index is 1.45. The second kappa shape index (κ2) is 10.2. The minimum absolute atomic E-state index is 0.0762. The Labute approximate surface area is 208 Å². The maximum absolute atomic E-state index is 11.9. The fourth-order valence-electron chi connectivity index (χ4n) is 4.31. The zero-order valence-corrected chi connectivity index (χ0v) is 20.2. The molecule has 1 aromatic carbocycles. The molecule has 1 aliphatic heterocycles. The lowest BCUT2D eigenvalue weighted by molar-refractivity contribution is 0.125. The average molecular weight is 486 g/mol. The van der Waals surface area contributed by atoms with Crippen LogP contribution in [0.5, 0.6) is 0 Å². The van der Waals surface area contributed by atoms with Crippen LogP contribution in [0, 0.1) is 0 Å². The molecule has 1 atom stereocenters. The summed E-state index contributed by atoms with van der Waals surface area (Å²) in [5, 5.41) is 2.62. The molecule has 0 spiro atoms. The van der Waals surface area contributed by atoms with E-state index >= 15 is 0 Å². The van der Waals surface area contributed by atoms with Crippen molar-refractivity contribution in [3.05, 3.63) is 66.8 Å². The summed E-state index contributed by atoms with van der Waals surface area (Å²) in [7, 11) is 1.72. The van der Waals surface area contributed by atoms with Crippen molar-refractivity contribution in [1.82, 2.24) is 29.8 Å². The van der Waals surface area contributed by atoms with E-state index in [0.717, 1.165) is 53.1 Å². The van der Waals surface area contributed by atoms with Crippen LogP contribution in [0.15, 0.2) is 61.1 Å². The maximum atomic E-state index is 11.9. The van der Waals surface area contributed by atoms with Gasteiger partial charge in [0.05, 0.1) is 23.9 Å². The average Bonchev–Trinajstić information content (AvgIpc) is 3.46. The van der Waals surface area contributed by atoms with Gasteiger partial charge in [0.25, 0.3) is 0 Å². The summed E-state index contributed by atoms with van der Waals surface area (Å²) < 4.78 is 10.4. The second-order valence-corrected chi connectivity index (χ2v) is 8.51. The fourth-order valence-corrected chi connectivity index (χ4v) is 4.31. The first kappa shape index (κ1) is 23.6. The van der Waals surface area contributed by atoms with Crippen LogP contribution in [0.25, 0.3) is 33.5 Å². The predicted octanol–water partition coefficient (Wildman–Crippen LogP) is 4.04. The number of carbonyl (C=O) groups excluding carboxylic acids is 1. The van der Waals surface area contributed by atoms with E-state index in [1.54, 1.807) is 32.5 Å². The van der Waals surface area contributed by atoms with Crippen LogP contribution in [0.1, 0.15) is 12.6 Å². The Morgan fingerprint density at radius 2 is 2.06 bits per heavy atom. The standard InChI is InChI=1S/C26H27N7O3/c1-4-36-26(34)32-25-30-21-11-18(10-20(23(21)31-25)24-27-8-5-9-28-24)17-6-7-19(29-12-17)14-33-13-16(2)22(15-33)35-3/h5-12,22H,2,4,13-15H2,1,3H3,(H2,30,31,32,34)/t22-/m1/s1. The highest BCUT2D eigenvalue weighted by atomic mass is 16.5. The number of aromatic amines is 1. The molecule has 5 rings (SSSR count). The van der Waals surface area contributed by atoms with Gasteiger partial charge < -0.3 is 14.5 Å².